The first-order valence-corrected chi connectivity index (χ1v) is 16.2. The van der Waals surface area contributed by atoms with Crippen LogP contribution >= 0.6 is 34.4 Å². The SMILES string of the molecule is CCC(Sc1cccc(NC(=O)/C(=C\c2cc(OC)c(OC)cc2OC)NC(=O)c2ccccc2)c1)C(=O)Nc1ccc(I)cc1. The minimum absolute atomic E-state index is 0.0271. The van der Waals surface area contributed by atoms with Gasteiger partial charge in [0.2, 0.25) is 5.91 Å². The largest absolute Gasteiger partial charge is 0.496 e. The Bertz CT molecular complexity index is 1710. The van der Waals surface area contributed by atoms with Gasteiger partial charge in [-0.3, -0.25) is 14.4 Å². The van der Waals surface area contributed by atoms with E-state index in [0.717, 1.165) is 14.2 Å². The number of carbonyl (C=O) groups excluding carboxylic acids is 3. The number of halogens is 1. The molecule has 46 heavy (non-hydrogen) atoms. The maximum atomic E-state index is 13.7. The second-order valence-electron chi connectivity index (χ2n) is 9.82. The molecule has 0 spiro atoms. The van der Waals surface area contributed by atoms with E-state index in [1.54, 1.807) is 60.7 Å². The maximum absolute atomic E-state index is 13.7. The van der Waals surface area contributed by atoms with E-state index in [1.807, 2.05) is 37.3 Å². The smallest absolute Gasteiger partial charge is 0.272 e. The van der Waals surface area contributed by atoms with Crippen LogP contribution in [0.1, 0.15) is 29.3 Å². The molecule has 4 aromatic rings. The highest BCUT2D eigenvalue weighted by Crippen LogP contribution is 2.36. The van der Waals surface area contributed by atoms with Crippen LogP contribution in [0.2, 0.25) is 0 Å². The van der Waals surface area contributed by atoms with Gasteiger partial charge in [0.15, 0.2) is 11.5 Å². The molecule has 4 aromatic carbocycles. The van der Waals surface area contributed by atoms with E-state index in [1.165, 1.54) is 39.2 Å². The first-order valence-electron chi connectivity index (χ1n) is 14.3. The Kier molecular flexibility index (Phi) is 12.5. The van der Waals surface area contributed by atoms with Gasteiger partial charge in [0.25, 0.3) is 11.8 Å². The third-order valence-electron chi connectivity index (χ3n) is 6.71. The Morgan fingerprint density at radius 3 is 2.11 bits per heavy atom. The summed E-state index contributed by atoms with van der Waals surface area (Å²) in [5.41, 5.74) is 2.05. The van der Waals surface area contributed by atoms with Crippen molar-refractivity contribution in [3.63, 3.8) is 0 Å². The summed E-state index contributed by atoms with van der Waals surface area (Å²) in [5, 5.41) is 8.24. The summed E-state index contributed by atoms with van der Waals surface area (Å²) in [4.78, 5) is 40.7. The Hall–Kier alpha value is -4.49. The first-order chi connectivity index (χ1) is 22.2. The highest BCUT2D eigenvalue weighted by molar-refractivity contribution is 14.1. The number of benzene rings is 4. The average molecular weight is 752 g/mol. The molecular formula is C35H34IN3O6S. The van der Waals surface area contributed by atoms with Gasteiger partial charge in [0.05, 0.1) is 26.6 Å². The molecule has 0 saturated heterocycles. The molecule has 9 nitrogen and oxygen atoms in total. The van der Waals surface area contributed by atoms with E-state index in [4.69, 9.17) is 14.2 Å². The van der Waals surface area contributed by atoms with Crippen LogP contribution in [0.5, 0.6) is 17.2 Å². The number of rotatable bonds is 13. The van der Waals surface area contributed by atoms with E-state index >= 15 is 0 Å². The van der Waals surface area contributed by atoms with Crippen LogP contribution in [0, 0.1) is 3.57 Å². The summed E-state index contributed by atoms with van der Waals surface area (Å²) >= 11 is 3.62. The minimum atomic E-state index is -0.563. The molecule has 0 bridgehead atoms. The van der Waals surface area contributed by atoms with E-state index < -0.39 is 11.8 Å². The van der Waals surface area contributed by atoms with Crippen molar-refractivity contribution in [1.29, 1.82) is 0 Å². The van der Waals surface area contributed by atoms with Crippen molar-refractivity contribution >= 4 is 69.5 Å². The topological polar surface area (TPSA) is 115 Å². The van der Waals surface area contributed by atoms with Crippen LogP contribution in [0.3, 0.4) is 0 Å². The fraction of sp³-hybridized carbons (Fsp3) is 0.171. The molecule has 0 aliphatic rings. The number of hydrogen-bond donors (Lipinski definition) is 3. The minimum Gasteiger partial charge on any atom is -0.496 e. The number of amides is 3. The molecule has 238 valence electrons. The number of hydrogen-bond acceptors (Lipinski definition) is 7. The van der Waals surface area contributed by atoms with Crippen LogP contribution in [-0.2, 0) is 9.59 Å². The summed E-state index contributed by atoms with van der Waals surface area (Å²) in [7, 11) is 4.51. The van der Waals surface area contributed by atoms with Crippen molar-refractivity contribution in [2.24, 2.45) is 0 Å². The Labute approximate surface area is 286 Å². The highest BCUT2D eigenvalue weighted by Gasteiger charge is 2.20. The van der Waals surface area contributed by atoms with Crippen LogP contribution in [0.15, 0.2) is 102 Å². The van der Waals surface area contributed by atoms with Crippen molar-refractivity contribution in [3.05, 3.63) is 111 Å². The summed E-state index contributed by atoms with van der Waals surface area (Å²) < 4.78 is 17.4. The third kappa shape index (κ3) is 9.27. The van der Waals surface area contributed by atoms with E-state index in [0.29, 0.717) is 40.5 Å². The summed E-state index contributed by atoms with van der Waals surface area (Å²) in [6, 6.07) is 26.7. The second kappa shape index (κ2) is 16.7. The molecule has 11 heteroatoms. The van der Waals surface area contributed by atoms with Gasteiger partial charge >= 0.3 is 0 Å². The molecule has 0 fully saturated rings. The molecule has 3 amide bonds. The maximum Gasteiger partial charge on any atom is 0.272 e. The standard InChI is InChI=1S/C35H34IN3O6S/c1-5-32(35(42)37-25-16-14-24(36)15-17-25)46-27-13-9-12-26(20-27)38-34(41)28(39-33(40)22-10-7-6-8-11-22)18-23-19-30(44-3)31(45-4)21-29(23)43-2/h6-21,32H,5H2,1-4H3,(H,37,42)(H,38,41)(H,39,40)/b28-18+. The van der Waals surface area contributed by atoms with Gasteiger partial charge in [-0.25, -0.2) is 0 Å². The predicted molar refractivity (Wildman–Crippen MR) is 191 cm³/mol. The summed E-state index contributed by atoms with van der Waals surface area (Å²) in [6.07, 6.45) is 2.11. The molecule has 3 N–H and O–H groups in total. The summed E-state index contributed by atoms with van der Waals surface area (Å²) in [6.45, 7) is 1.95. The Balaban J connectivity index is 1.59. The fourth-order valence-electron chi connectivity index (χ4n) is 4.35. The van der Waals surface area contributed by atoms with Crippen LogP contribution < -0.4 is 30.2 Å². The number of carbonyl (C=O) groups is 3. The van der Waals surface area contributed by atoms with E-state index in [9.17, 15) is 14.4 Å². The molecule has 0 aromatic heterocycles. The zero-order valence-electron chi connectivity index (χ0n) is 25.8. The molecule has 0 aliphatic carbocycles. The second-order valence-corrected chi connectivity index (χ2v) is 12.3. The van der Waals surface area contributed by atoms with Crippen molar-refractivity contribution in [1.82, 2.24) is 5.32 Å². The van der Waals surface area contributed by atoms with Gasteiger partial charge < -0.3 is 30.2 Å². The molecule has 0 heterocycles. The fourth-order valence-corrected chi connectivity index (χ4v) is 5.72. The van der Waals surface area contributed by atoms with Gasteiger partial charge in [-0.1, -0.05) is 31.2 Å². The Morgan fingerprint density at radius 2 is 1.46 bits per heavy atom. The van der Waals surface area contributed by atoms with Crippen LogP contribution in [0.25, 0.3) is 6.08 Å². The summed E-state index contributed by atoms with van der Waals surface area (Å²) in [5.74, 6) is 0.139. The number of ether oxygens (including phenoxy) is 3. The number of anilines is 2. The van der Waals surface area contributed by atoms with Crippen molar-refractivity contribution in [3.8, 4) is 17.2 Å². The normalized spacial score (nSPS) is 11.6. The van der Waals surface area contributed by atoms with Gasteiger partial charge in [0.1, 0.15) is 11.4 Å². The van der Waals surface area contributed by atoms with Crippen molar-refractivity contribution in [2.75, 3.05) is 32.0 Å². The van der Waals surface area contributed by atoms with Gasteiger partial charge in [-0.15, -0.1) is 11.8 Å². The van der Waals surface area contributed by atoms with Gasteiger partial charge in [-0.2, -0.15) is 0 Å². The van der Waals surface area contributed by atoms with Gasteiger partial charge in [-0.05, 0) is 95.8 Å². The van der Waals surface area contributed by atoms with E-state index in [2.05, 4.69) is 38.5 Å². The Morgan fingerprint density at radius 1 is 0.783 bits per heavy atom. The third-order valence-corrected chi connectivity index (χ3v) is 8.79. The zero-order valence-corrected chi connectivity index (χ0v) is 28.7. The van der Waals surface area contributed by atoms with Gasteiger partial charge in [0, 0.05) is 37.0 Å². The van der Waals surface area contributed by atoms with Crippen molar-refractivity contribution < 1.29 is 28.6 Å². The average Bonchev–Trinajstić information content (AvgIpc) is 3.08. The predicted octanol–water partition coefficient (Wildman–Crippen LogP) is 7.24. The molecule has 0 saturated carbocycles. The molecule has 1 atom stereocenters. The van der Waals surface area contributed by atoms with Crippen LogP contribution in [0.4, 0.5) is 11.4 Å². The monoisotopic (exact) mass is 751 g/mol. The highest BCUT2D eigenvalue weighted by atomic mass is 127. The number of thioether (sulfide) groups is 1. The molecule has 0 radical (unpaired) electrons. The number of methoxy groups -OCH3 is 3. The molecular weight excluding hydrogens is 717 g/mol. The lowest BCUT2D eigenvalue weighted by Crippen LogP contribution is -2.30. The molecule has 4 rings (SSSR count). The van der Waals surface area contributed by atoms with E-state index in [-0.39, 0.29) is 16.9 Å². The first kappa shape index (κ1) is 34.4. The lowest BCUT2D eigenvalue weighted by molar-refractivity contribution is -0.116. The lowest BCUT2D eigenvalue weighted by Gasteiger charge is -2.16. The quantitative estimate of drug-likeness (QED) is 0.0750. The molecule has 1 unspecified atom stereocenters. The lowest BCUT2D eigenvalue weighted by atomic mass is 10.1. The number of nitrogens with one attached hydrogen (secondary N) is 3. The molecule has 0 aliphatic heterocycles. The van der Waals surface area contributed by atoms with Crippen LogP contribution in [-0.4, -0.2) is 44.3 Å². The zero-order chi connectivity index (χ0) is 33.1. The van der Waals surface area contributed by atoms with Crippen molar-refractivity contribution in [2.45, 2.75) is 23.5 Å².